The van der Waals surface area contributed by atoms with Gasteiger partial charge >= 0.3 is 0 Å². The summed E-state index contributed by atoms with van der Waals surface area (Å²) in [6, 6.07) is 43.0. The quantitative estimate of drug-likeness (QED) is 0.226. The molecule has 0 aliphatic heterocycles. The SMILES string of the molecule is CC(C)=CC(C=C(c1ccccc1)c1ccccc1)(C=C(c1ccccc1)c1ccccc1)C(C)C. The number of allylic oxidation sites excluding steroid dienone is 4. The third kappa shape index (κ3) is 6.01. The van der Waals surface area contributed by atoms with Gasteiger partial charge in [-0.3, -0.25) is 0 Å². The monoisotopic (exact) mass is 468 g/mol. The van der Waals surface area contributed by atoms with E-state index in [0.717, 1.165) is 0 Å². The molecule has 0 aliphatic rings. The minimum absolute atomic E-state index is 0.305. The van der Waals surface area contributed by atoms with Crippen LogP contribution in [0.5, 0.6) is 0 Å². The van der Waals surface area contributed by atoms with Gasteiger partial charge in [-0.1, -0.05) is 159 Å². The largest absolute Gasteiger partial charge is 0.0792 e. The number of rotatable bonds is 8. The van der Waals surface area contributed by atoms with Crippen molar-refractivity contribution in [3.63, 3.8) is 0 Å². The summed E-state index contributed by atoms with van der Waals surface area (Å²) in [5.41, 5.74) is 8.40. The second-order valence-corrected chi connectivity index (χ2v) is 9.96. The van der Waals surface area contributed by atoms with Crippen molar-refractivity contribution in [2.75, 3.05) is 0 Å². The summed E-state index contributed by atoms with van der Waals surface area (Å²) in [7, 11) is 0. The summed E-state index contributed by atoms with van der Waals surface area (Å²) in [5, 5.41) is 0. The Morgan fingerprint density at radius 1 is 0.472 bits per heavy atom. The first-order chi connectivity index (χ1) is 17.5. The van der Waals surface area contributed by atoms with Crippen LogP contribution in [0.4, 0.5) is 0 Å². The minimum atomic E-state index is -0.305. The van der Waals surface area contributed by atoms with Gasteiger partial charge in [-0.2, -0.15) is 0 Å². The maximum atomic E-state index is 2.49. The molecule has 0 nitrogen and oxygen atoms in total. The molecule has 0 bridgehead atoms. The molecule has 0 fully saturated rings. The van der Waals surface area contributed by atoms with Gasteiger partial charge in [0.1, 0.15) is 0 Å². The van der Waals surface area contributed by atoms with E-state index in [9.17, 15) is 0 Å². The van der Waals surface area contributed by atoms with Crippen molar-refractivity contribution in [2.24, 2.45) is 11.3 Å². The molecule has 0 unspecified atom stereocenters. The molecule has 4 aromatic rings. The van der Waals surface area contributed by atoms with Gasteiger partial charge in [-0.05, 0) is 53.2 Å². The summed E-state index contributed by atoms with van der Waals surface area (Å²) in [6.07, 6.45) is 7.41. The molecular weight excluding hydrogens is 432 g/mol. The van der Waals surface area contributed by atoms with Crippen LogP contribution in [0.25, 0.3) is 11.1 Å². The topological polar surface area (TPSA) is 0 Å². The molecule has 0 saturated carbocycles. The van der Waals surface area contributed by atoms with Gasteiger partial charge in [0.05, 0.1) is 0 Å². The highest BCUT2D eigenvalue weighted by molar-refractivity contribution is 5.84. The predicted octanol–water partition coefficient (Wildman–Crippen LogP) is 9.86. The third-order valence-corrected chi connectivity index (χ3v) is 6.67. The molecule has 0 atom stereocenters. The Hall–Kier alpha value is -3.90. The van der Waals surface area contributed by atoms with Crippen molar-refractivity contribution in [3.05, 3.63) is 167 Å². The van der Waals surface area contributed by atoms with Crippen molar-refractivity contribution in [1.82, 2.24) is 0 Å². The van der Waals surface area contributed by atoms with Crippen LogP contribution < -0.4 is 0 Å². The fourth-order valence-corrected chi connectivity index (χ4v) is 4.76. The van der Waals surface area contributed by atoms with E-state index < -0.39 is 0 Å². The first-order valence-electron chi connectivity index (χ1n) is 12.8. The number of hydrogen-bond donors (Lipinski definition) is 0. The van der Waals surface area contributed by atoms with E-state index in [4.69, 9.17) is 0 Å². The Labute approximate surface area is 217 Å². The summed E-state index contributed by atoms with van der Waals surface area (Å²) in [6.45, 7) is 9.06. The van der Waals surface area contributed by atoms with E-state index in [1.165, 1.54) is 39.0 Å². The first-order valence-corrected chi connectivity index (χ1v) is 12.8. The van der Waals surface area contributed by atoms with Gasteiger partial charge in [-0.25, -0.2) is 0 Å². The van der Waals surface area contributed by atoms with Crippen LogP contribution in [-0.4, -0.2) is 0 Å². The predicted molar refractivity (Wildman–Crippen MR) is 157 cm³/mol. The Bertz CT molecular complexity index is 1140. The highest BCUT2D eigenvalue weighted by atomic mass is 14.3. The summed E-state index contributed by atoms with van der Waals surface area (Å²) < 4.78 is 0. The maximum absolute atomic E-state index is 2.49. The zero-order valence-corrected chi connectivity index (χ0v) is 21.9. The Morgan fingerprint density at radius 2 is 0.750 bits per heavy atom. The lowest BCUT2D eigenvalue weighted by Crippen LogP contribution is -2.22. The van der Waals surface area contributed by atoms with E-state index in [0.29, 0.717) is 5.92 Å². The molecule has 0 N–H and O–H groups in total. The number of benzene rings is 4. The minimum Gasteiger partial charge on any atom is -0.0792 e. The molecule has 180 valence electrons. The van der Waals surface area contributed by atoms with E-state index >= 15 is 0 Å². The molecule has 0 aromatic heterocycles. The Kier molecular flexibility index (Phi) is 8.18. The molecule has 36 heavy (non-hydrogen) atoms. The van der Waals surface area contributed by atoms with Crippen LogP contribution in [0, 0.1) is 11.3 Å². The first kappa shape index (κ1) is 25.2. The van der Waals surface area contributed by atoms with Crippen LogP contribution in [-0.2, 0) is 0 Å². The standard InChI is InChI=1S/C36H36/c1-28(2)25-36(29(3)4,26-34(30-17-9-5-10-18-30)31-19-11-6-12-20-31)27-35(32-21-13-7-14-22-32)33-23-15-8-16-24-33/h5-27,29H,1-4H3. The molecule has 0 aliphatic carbocycles. The van der Waals surface area contributed by atoms with Crippen LogP contribution in [0.2, 0.25) is 0 Å². The van der Waals surface area contributed by atoms with Crippen molar-refractivity contribution >= 4 is 11.1 Å². The highest BCUT2D eigenvalue weighted by Crippen LogP contribution is 2.42. The lowest BCUT2D eigenvalue weighted by molar-refractivity contribution is 0.433. The van der Waals surface area contributed by atoms with Crippen molar-refractivity contribution in [1.29, 1.82) is 0 Å². The van der Waals surface area contributed by atoms with Crippen molar-refractivity contribution < 1.29 is 0 Å². The molecule has 0 amide bonds. The molecule has 4 rings (SSSR count). The van der Waals surface area contributed by atoms with Gasteiger partial charge in [0.2, 0.25) is 0 Å². The van der Waals surface area contributed by atoms with E-state index in [1.807, 2.05) is 0 Å². The molecular formula is C36H36. The van der Waals surface area contributed by atoms with Crippen molar-refractivity contribution in [3.8, 4) is 0 Å². The van der Waals surface area contributed by atoms with Crippen molar-refractivity contribution in [2.45, 2.75) is 27.7 Å². The van der Waals surface area contributed by atoms with Crippen LogP contribution in [0.3, 0.4) is 0 Å². The van der Waals surface area contributed by atoms with E-state index in [-0.39, 0.29) is 5.41 Å². The zero-order chi connectivity index (χ0) is 25.4. The third-order valence-electron chi connectivity index (χ3n) is 6.67. The Balaban J connectivity index is 2.05. The Morgan fingerprint density at radius 3 is 0.972 bits per heavy atom. The molecule has 0 spiro atoms. The van der Waals surface area contributed by atoms with Crippen LogP contribution >= 0.6 is 0 Å². The zero-order valence-electron chi connectivity index (χ0n) is 21.9. The fraction of sp³-hybridized carbons (Fsp3) is 0.167. The smallest absolute Gasteiger partial charge is 0.0285 e. The number of hydrogen-bond acceptors (Lipinski definition) is 0. The van der Waals surface area contributed by atoms with Gasteiger partial charge in [0.15, 0.2) is 0 Å². The van der Waals surface area contributed by atoms with Crippen LogP contribution in [0.1, 0.15) is 49.9 Å². The summed E-state index contributed by atoms with van der Waals surface area (Å²) >= 11 is 0. The summed E-state index contributed by atoms with van der Waals surface area (Å²) in [4.78, 5) is 0. The van der Waals surface area contributed by atoms with Crippen LogP contribution in [0.15, 0.2) is 145 Å². The normalized spacial score (nSPS) is 11.0. The average Bonchev–Trinajstić information content (AvgIpc) is 2.91. The molecule has 0 radical (unpaired) electrons. The molecule has 4 aromatic carbocycles. The van der Waals surface area contributed by atoms with Gasteiger partial charge in [0, 0.05) is 5.41 Å². The van der Waals surface area contributed by atoms with Gasteiger partial charge in [-0.15, -0.1) is 0 Å². The van der Waals surface area contributed by atoms with E-state index in [1.54, 1.807) is 0 Å². The molecule has 0 heteroatoms. The summed E-state index contributed by atoms with van der Waals surface area (Å²) in [5.74, 6) is 0.331. The fourth-order valence-electron chi connectivity index (χ4n) is 4.76. The lowest BCUT2D eigenvalue weighted by Gasteiger charge is -2.32. The maximum Gasteiger partial charge on any atom is 0.0285 e. The second-order valence-electron chi connectivity index (χ2n) is 9.96. The second kappa shape index (κ2) is 11.7. The molecule has 0 heterocycles. The van der Waals surface area contributed by atoms with Gasteiger partial charge in [0.25, 0.3) is 0 Å². The average molecular weight is 469 g/mol. The molecule has 0 saturated heterocycles. The highest BCUT2D eigenvalue weighted by Gasteiger charge is 2.29. The van der Waals surface area contributed by atoms with E-state index in [2.05, 4.69) is 167 Å². The lowest BCUT2D eigenvalue weighted by atomic mass is 9.71. The van der Waals surface area contributed by atoms with Gasteiger partial charge < -0.3 is 0 Å².